The van der Waals surface area contributed by atoms with Gasteiger partial charge in [-0.2, -0.15) is 0 Å². The lowest BCUT2D eigenvalue weighted by Gasteiger charge is -2.40. The summed E-state index contributed by atoms with van der Waals surface area (Å²) in [5.41, 5.74) is 8.03. The minimum atomic E-state index is -0.0849. The highest BCUT2D eigenvalue weighted by Crippen LogP contribution is 2.51. The number of hydrogen-bond donors (Lipinski definition) is 3. The quantitative estimate of drug-likeness (QED) is 0.748. The lowest BCUT2D eigenvalue weighted by atomic mass is 9.72. The summed E-state index contributed by atoms with van der Waals surface area (Å²) in [5, 5.41) is 6.57. The van der Waals surface area contributed by atoms with E-state index in [1.165, 1.54) is 11.1 Å². The molecule has 4 N–H and O–H groups in total. The van der Waals surface area contributed by atoms with Crippen molar-refractivity contribution in [2.45, 2.75) is 36.8 Å². The van der Waals surface area contributed by atoms with Gasteiger partial charge >= 0.3 is 0 Å². The zero-order chi connectivity index (χ0) is 15.6. The maximum Gasteiger partial charge on any atom is 0.221 e. The Bertz CT molecular complexity index is 550. The molecule has 2 aliphatic rings. The number of piperidine rings is 1. The molecule has 1 aliphatic heterocycles. The van der Waals surface area contributed by atoms with Crippen LogP contribution in [0.25, 0.3) is 0 Å². The van der Waals surface area contributed by atoms with Crippen molar-refractivity contribution in [1.82, 2.24) is 10.6 Å². The van der Waals surface area contributed by atoms with Crippen LogP contribution in [0.2, 0.25) is 0 Å². The van der Waals surface area contributed by atoms with Gasteiger partial charge in [-0.25, -0.2) is 0 Å². The molecule has 3 rings (SSSR count). The Balaban J connectivity index is 0.00000144. The van der Waals surface area contributed by atoms with Crippen molar-refractivity contribution in [3.8, 4) is 0 Å². The smallest absolute Gasteiger partial charge is 0.221 e. The van der Waals surface area contributed by atoms with E-state index < -0.39 is 0 Å². The molecule has 1 spiro atoms. The van der Waals surface area contributed by atoms with Crippen molar-refractivity contribution in [2.24, 2.45) is 5.73 Å². The van der Waals surface area contributed by atoms with Crippen molar-refractivity contribution in [3.63, 3.8) is 0 Å². The molecule has 1 saturated heterocycles. The van der Waals surface area contributed by atoms with Crippen molar-refractivity contribution in [2.75, 3.05) is 26.7 Å². The third kappa shape index (κ3) is 3.55. The van der Waals surface area contributed by atoms with Gasteiger partial charge in [0.15, 0.2) is 0 Å². The Morgan fingerprint density at radius 1 is 1.33 bits per heavy atom. The van der Waals surface area contributed by atoms with Gasteiger partial charge in [-0.05, 0) is 37.1 Å². The monoisotopic (exact) mass is 375 g/mol. The minimum Gasteiger partial charge on any atom is -0.378 e. The van der Waals surface area contributed by atoms with Crippen molar-refractivity contribution in [1.29, 1.82) is 0 Å². The topological polar surface area (TPSA) is 76.4 Å². The van der Waals surface area contributed by atoms with Gasteiger partial charge in [0.2, 0.25) is 5.91 Å². The van der Waals surface area contributed by atoms with E-state index in [2.05, 4.69) is 28.8 Å². The van der Waals surface area contributed by atoms with Gasteiger partial charge in [-0.1, -0.05) is 24.3 Å². The molecule has 2 atom stereocenters. The first-order valence-electron chi connectivity index (χ1n) is 8.05. The summed E-state index contributed by atoms with van der Waals surface area (Å²) in [5.74, 6) is -0.00432. The SMILES string of the molecule is CO[C@H]1[C@H](NC(=O)CCN)c2ccccc2C12CCNCC2.Cl.Cl. The van der Waals surface area contributed by atoms with Gasteiger partial charge in [0.05, 0.1) is 12.1 Å². The second-order valence-electron chi connectivity index (χ2n) is 6.23. The van der Waals surface area contributed by atoms with E-state index in [1.54, 1.807) is 7.11 Å². The molecule has 0 radical (unpaired) electrons. The fourth-order valence-corrected chi connectivity index (χ4v) is 4.18. The standard InChI is InChI=1S/C17H25N3O2.2ClH/c1-22-16-15(20-14(21)6-9-18)12-4-2-3-5-13(12)17(16)7-10-19-11-8-17;;/h2-5,15-16,19H,6-11,18H2,1H3,(H,20,21);2*1H/t15-,16+;;/m1../s1. The summed E-state index contributed by atoms with van der Waals surface area (Å²) in [7, 11) is 1.75. The molecular weight excluding hydrogens is 349 g/mol. The Morgan fingerprint density at radius 3 is 2.62 bits per heavy atom. The highest BCUT2D eigenvalue weighted by molar-refractivity contribution is 5.85. The second-order valence-corrected chi connectivity index (χ2v) is 6.23. The second kappa shape index (κ2) is 9.02. The fraction of sp³-hybridized carbons (Fsp3) is 0.588. The van der Waals surface area contributed by atoms with E-state index in [1.807, 2.05) is 6.07 Å². The minimum absolute atomic E-state index is 0. The first-order chi connectivity index (χ1) is 10.7. The maximum atomic E-state index is 12.1. The number of fused-ring (bicyclic) bond motifs is 2. The van der Waals surface area contributed by atoms with E-state index in [9.17, 15) is 4.79 Å². The van der Waals surface area contributed by atoms with Crippen LogP contribution in [0.15, 0.2) is 24.3 Å². The van der Waals surface area contributed by atoms with Crippen LogP contribution < -0.4 is 16.4 Å². The van der Waals surface area contributed by atoms with Crippen molar-refractivity contribution >= 4 is 30.7 Å². The number of amides is 1. The van der Waals surface area contributed by atoms with Crippen LogP contribution in [0.3, 0.4) is 0 Å². The van der Waals surface area contributed by atoms with Crippen LogP contribution >= 0.6 is 24.8 Å². The Morgan fingerprint density at radius 2 is 2.00 bits per heavy atom. The average molecular weight is 376 g/mol. The molecule has 7 heteroatoms. The molecule has 1 heterocycles. The normalized spacial score (nSPS) is 23.8. The summed E-state index contributed by atoms with van der Waals surface area (Å²) in [4.78, 5) is 12.1. The highest BCUT2D eigenvalue weighted by atomic mass is 35.5. The fourth-order valence-electron chi connectivity index (χ4n) is 4.18. The molecular formula is C17H27Cl2N3O2. The first-order valence-corrected chi connectivity index (χ1v) is 8.05. The van der Waals surface area contributed by atoms with Gasteiger partial charge in [-0.3, -0.25) is 4.79 Å². The Hall–Kier alpha value is -0.850. The number of nitrogens with two attached hydrogens (primary N) is 1. The number of carbonyl (C=O) groups excluding carboxylic acids is 1. The van der Waals surface area contributed by atoms with Crippen LogP contribution in [0.1, 0.15) is 36.4 Å². The molecule has 0 saturated carbocycles. The molecule has 1 fully saturated rings. The molecule has 1 amide bonds. The summed E-state index contributed by atoms with van der Waals surface area (Å²) < 4.78 is 5.90. The molecule has 1 aromatic carbocycles. The molecule has 1 aliphatic carbocycles. The zero-order valence-electron chi connectivity index (χ0n) is 13.9. The van der Waals surface area contributed by atoms with E-state index in [-0.39, 0.29) is 48.3 Å². The predicted octanol–water partition coefficient (Wildman–Crippen LogP) is 1.69. The molecule has 136 valence electrons. The van der Waals surface area contributed by atoms with Gasteiger partial charge in [0.25, 0.3) is 0 Å². The maximum absolute atomic E-state index is 12.1. The lowest BCUT2D eigenvalue weighted by Crippen LogP contribution is -2.49. The van der Waals surface area contributed by atoms with Crippen LogP contribution in [0, 0.1) is 0 Å². The van der Waals surface area contributed by atoms with Crippen LogP contribution in [-0.2, 0) is 14.9 Å². The molecule has 0 aromatic heterocycles. The van der Waals surface area contributed by atoms with E-state index in [0.717, 1.165) is 25.9 Å². The number of nitrogens with one attached hydrogen (secondary N) is 2. The molecule has 24 heavy (non-hydrogen) atoms. The van der Waals surface area contributed by atoms with Crippen LogP contribution in [0.5, 0.6) is 0 Å². The summed E-state index contributed by atoms with van der Waals surface area (Å²) in [6, 6.07) is 8.35. The highest BCUT2D eigenvalue weighted by Gasteiger charge is 2.53. The summed E-state index contributed by atoms with van der Waals surface area (Å²) in [6.45, 7) is 2.34. The Kier molecular flexibility index (Phi) is 7.96. The largest absolute Gasteiger partial charge is 0.378 e. The lowest BCUT2D eigenvalue weighted by molar-refractivity contribution is -0.123. The third-order valence-electron chi connectivity index (χ3n) is 5.12. The number of ether oxygens (including phenoxy) is 1. The zero-order valence-corrected chi connectivity index (χ0v) is 15.6. The van der Waals surface area contributed by atoms with E-state index in [0.29, 0.717) is 13.0 Å². The van der Waals surface area contributed by atoms with E-state index in [4.69, 9.17) is 10.5 Å². The molecule has 0 unspecified atom stereocenters. The van der Waals surface area contributed by atoms with E-state index >= 15 is 0 Å². The number of hydrogen-bond acceptors (Lipinski definition) is 4. The predicted molar refractivity (Wildman–Crippen MR) is 100 cm³/mol. The van der Waals surface area contributed by atoms with Gasteiger partial charge < -0.3 is 21.1 Å². The third-order valence-corrected chi connectivity index (χ3v) is 5.12. The number of benzene rings is 1. The molecule has 1 aromatic rings. The molecule has 0 bridgehead atoms. The first kappa shape index (κ1) is 21.2. The number of halogens is 2. The number of rotatable bonds is 4. The number of methoxy groups -OCH3 is 1. The van der Waals surface area contributed by atoms with Gasteiger partial charge in [-0.15, -0.1) is 24.8 Å². The molecule has 5 nitrogen and oxygen atoms in total. The van der Waals surface area contributed by atoms with Crippen LogP contribution in [0.4, 0.5) is 0 Å². The Labute approximate surface area is 155 Å². The summed E-state index contributed by atoms with van der Waals surface area (Å²) >= 11 is 0. The van der Waals surface area contributed by atoms with Crippen molar-refractivity contribution in [3.05, 3.63) is 35.4 Å². The summed E-state index contributed by atoms with van der Waals surface area (Å²) in [6.07, 6.45) is 2.40. The number of carbonyl (C=O) groups is 1. The van der Waals surface area contributed by atoms with Crippen molar-refractivity contribution < 1.29 is 9.53 Å². The van der Waals surface area contributed by atoms with Gasteiger partial charge in [0, 0.05) is 25.5 Å². The average Bonchev–Trinajstić information content (AvgIpc) is 2.78. The van der Waals surface area contributed by atoms with Crippen LogP contribution in [-0.4, -0.2) is 38.8 Å². The van der Waals surface area contributed by atoms with Gasteiger partial charge in [0.1, 0.15) is 0 Å².